The highest BCUT2D eigenvalue weighted by molar-refractivity contribution is 5.82. The number of benzene rings is 2. The van der Waals surface area contributed by atoms with Crippen LogP contribution in [0.4, 0.5) is 5.69 Å². The molecule has 5 heteroatoms. The Kier molecular flexibility index (Phi) is 5.37. The molecule has 0 saturated heterocycles. The van der Waals surface area contributed by atoms with Crippen LogP contribution in [0, 0.1) is 0 Å². The number of esters is 1. The zero-order chi connectivity index (χ0) is 18.5. The van der Waals surface area contributed by atoms with Crippen molar-refractivity contribution in [2.24, 2.45) is 0 Å². The molecule has 0 N–H and O–H groups in total. The highest BCUT2D eigenvalue weighted by atomic mass is 16.5. The van der Waals surface area contributed by atoms with E-state index in [0.29, 0.717) is 6.61 Å². The normalized spacial score (nSPS) is 10.6. The minimum absolute atomic E-state index is 0.0887. The number of carbonyl (C=O) groups excluding carboxylic acids is 1. The van der Waals surface area contributed by atoms with E-state index < -0.39 is 0 Å². The highest BCUT2D eigenvalue weighted by Gasteiger charge is 2.17. The Morgan fingerprint density at radius 2 is 1.73 bits per heavy atom. The van der Waals surface area contributed by atoms with Crippen molar-refractivity contribution in [1.29, 1.82) is 0 Å². The number of anilines is 1. The highest BCUT2D eigenvalue weighted by Crippen LogP contribution is 2.33. The fraction of sp³-hybridized carbons (Fsp3) is 0.238. The van der Waals surface area contributed by atoms with Crippen LogP contribution in [0.25, 0.3) is 22.4 Å². The molecule has 0 aliphatic heterocycles. The number of carbonyl (C=O) groups is 1. The zero-order valence-corrected chi connectivity index (χ0v) is 15.3. The van der Waals surface area contributed by atoms with E-state index in [9.17, 15) is 4.79 Å². The van der Waals surface area contributed by atoms with Crippen molar-refractivity contribution < 1.29 is 9.53 Å². The third kappa shape index (κ3) is 3.77. The second kappa shape index (κ2) is 7.87. The van der Waals surface area contributed by atoms with Crippen molar-refractivity contribution >= 4 is 11.7 Å². The monoisotopic (exact) mass is 349 g/mol. The predicted octanol–water partition coefficient (Wildman–Crippen LogP) is 3.85. The molecule has 0 radical (unpaired) electrons. The molecule has 3 rings (SSSR count). The van der Waals surface area contributed by atoms with E-state index in [0.717, 1.165) is 28.1 Å². The lowest BCUT2D eigenvalue weighted by Crippen LogP contribution is -2.15. The smallest absolute Gasteiger partial charge is 0.327 e. The molecule has 134 valence electrons. The van der Waals surface area contributed by atoms with E-state index in [4.69, 9.17) is 4.74 Å². The SMILES string of the molecule is CCOC(=O)Cn1ncc(-c2ccccc2)c1-c1ccc(N(C)C)cc1. The second-order valence-electron chi connectivity index (χ2n) is 6.18. The van der Waals surface area contributed by atoms with E-state index in [-0.39, 0.29) is 12.5 Å². The summed E-state index contributed by atoms with van der Waals surface area (Å²) in [6.45, 7) is 2.25. The molecule has 0 amide bonds. The average Bonchev–Trinajstić information content (AvgIpc) is 3.06. The predicted molar refractivity (Wildman–Crippen MR) is 104 cm³/mol. The maximum absolute atomic E-state index is 12.0. The summed E-state index contributed by atoms with van der Waals surface area (Å²) in [7, 11) is 4.02. The number of aromatic nitrogens is 2. The Hall–Kier alpha value is -3.08. The Morgan fingerprint density at radius 3 is 2.35 bits per heavy atom. The van der Waals surface area contributed by atoms with Crippen molar-refractivity contribution in [3.8, 4) is 22.4 Å². The van der Waals surface area contributed by atoms with Crippen molar-refractivity contribution in [1.82, 2.24) is 9.78 Å². The molecule has 0 bridgehead atoms. The van der Waals surface area contributed by atoms with Gasteiger partial charge in [0.1, 0.15) is 6.54 Å². The molecule has 3 aromatic rings. The summed E-state index contributed by atoms with van der Waals surface area (Å²) in [6, 6.07) is 18.3. The standard InChI is InChI=1S/C21H23N3O2/c1-4-26-20(25)15-24-21(17-10-12-18(13-11-17)23(2)3)19(14-22-24)16-8-6-5-7-9-16/h5-14H,4,15H2,1-3H3. The van der Waals surface area contributed by atoms with Crippen LogP contribution in [0.3, 0.4) is 0 Å². The lowest BCUT2D eigenvalue weighted by Gasteiger charge is -2.14. The minimum atomic E-state index is -0.290. The number of ether oxygens (including phenoxy) is 1. The van der Waals surface area contributed by atoms with E-state index in [1.54, 1.807) is 11.6 Å². The fourth-order valence-corrected chi connectivity index (χ4v) is 2.89. The van der Waals surface area contributed by atoms with Gasteiger partial charge in [0.25, 0.3) is 0 Å². The zero-order valence-electron chi connectivity index (χ0n) is 15.3. The van der Waals surface area contributed by atoms with Crippen molar-refractivity contribution in [3.05, 3.63) is 60.8 Å². The van der Waals surface area contributed by atoms with Gasteiger partial charge in [0.2, 0.25) is 0 Å². The van der Waals surface area contributed by atoms with Crippen LogP contribution in [-0.2, 0) is 16.1 Å². The van der Waals surface area contributed by atoms with Gasteiger partial charge in [0.05, 0.1) is 18.5 Å². The van der Waals surface area contributed by atoms with Gasteiger partial charge in [-0.3, -0.25) is 9.48 Å². The Morgan fingerprint density at radius 1 is 1.04 bits per heavy atom. The molecule has 0 atom stereocenters. The molecule has 26 heavy (non-hydrogen) atoms. The Labute approximate surface area is 153 Å². The van der Waals surface area contributed by atoms with Gasteiger partial charge >= 0.3 is 5.97 Å². The van der Waals surface area contributed by atoms with Crippen LogP contribution in [0.5, 0.6) is 0 Å². The number of rotatable bonds is 6. The first-order valence-electron chi connectivity index (χ1n) is 8.64. The summed E-state index contributed by atoms with van der Waals surface area (Å²) in [4.78, 5) is 14.0. The number of hydrogen-bond acceptors (Lipinski definition) is 4. The summed E-state index contributed by atoms with van der Waals surface area (Å²) in [6.07, 6.45) is 1.81. The third-order valence-electron chi connectivity index (χ3n) is 4.17. The fourth-order valence-electron chi connectivity index (χ4n) is 2.89. The quantitative estimate of drug-likeness (QED) is 0.634. The number of hydrogen-bond donors (Lipinski definition) is 0. The van der Waals surface area contributed by atoms with Crippen LogP contribution in [0.15, 0.2) is 60.8 Å². The molecule has 5 nitrogen and oxygen atoms in total. The van der Waals surface area contributed by atoms with E-state index in [2.05, 4.69) is 34.3 Å². The summed E-state index contributed by atoms with van der Waals surface area (Å²) in [5, 5.41) is 4.45. The molecule has 0 spiro atoms. The van der Waals surface area contributed by atoms with E-state index >= 15 is 0 Å². The topological polar surface area (TPSA) is 47.4 Å². The Balaban J connectivity index is 2.06. The first-order chi connectivity index (χ1) is 12.6. The van der Waals surface area contributed by atoms with Gasteiger partial charge in [-0.2, -0.15) is 5.10 Å². The van der Waals surface area contributed by atoms with Crippen molar-refractivity contribution in [2.45, 2.75) is 13.5 Å². The van der Waals surface area contributed by atoms with Crippen LogP contribution in [0.1, 0.15) is 6.92 Å². The van der Waals surface area contributed by atoms with Gasteiger partial charge in [0.15, 0.2) is 0 Å². The van der Waals surface area contributed by atoms with Crippen LogP contribution < -0.4 is 4.90 Å². The first kappa shape index (κ1) is 17.7. The molecule has 1 heterocycles. The van der Waals surface area contributed by atoms with Crippen molar-refractivity contribution in [2.75, 3.05) is 25.6 Å². The second-order valence-corrected chi connectivity index (χ2v) is 6.18. The maximum Gasteiger partial charge on any atom is 0.327 e. The molecule has 1 aromatic heterocycles. The lowest BCUT2D eigenvalue weighted by atomic mass is 10.0. The summed E-state index contributed by atoms with van der Waals surface area (Å²) < 4.78 is 6.81. The van der Waals surface area contributed by atoms with Gasteiger partial charge in [-0.1, -0.05) is 42.5 Å². The van der Waals surface area contributed by atoms with E-state index in [1.807, 2.05) is 50.6 Å². The van der Waals surface area contributed by atoms with Gasteiger partial charge < -0.3 is 9.64 Å². The third-order valence-corrected chi connectivity index (χ3v) is 4.17. The van der Waals surface area contributed by atoms with E-state index in [1.165, 1.54) is 0 Å². The Bertz CT molecular complexity index is 868. The molecule has 0 aliphatic rings. The minimum Gasteiger partial charge on any atom is -0.465 e. The van der Waals surface area contributed by atoms with Crippen molar-refractivity contribution in [3.63, 3.8) is 0 Å². The van der Waals surface area contributed by atoms with Gasteiger partial charge in [-0.25, -0.2) is 0 Å². The maximum atomic E-state index is 12.0. The molecule has 0 aliphatic carbocycles. The van der Waals surface area contributed by atoms with Crippen LogP contribution in [-0.4, -0.2) is 36.5 Å². The van der Waals surface area contributed by atoms with Gasteiger partial charge in [0, 0.05) is 30.9 Å². The first-order valence-corrected chi connectivity index (χ1v) is 8.64. The molecule has 2 aromatic carbocycles. The average molecular weight is 349 g/mol. The molecule has 0 fully saturated rings. The molecule has 0 unspecified atom stereocenters. The molecular weight excluding hydrogens is 326 g/mol. The lowest BCUT2D eigenvalue weighted by molar-refractivity contribution is -0.144. The molecule has 0 saturated carbocycles. The van der Waals surface area contributed by atoms with Crippen LogP contribution in [0.2, 0.25) is 0 Å². The van der Waals surface area contributed by atoms with Gasteiger partial charge in [-0.05, 0) is 24.6 Å². The summed E-state index contributed by atoms with van der Waals surface area (Å²) in [5.41, 5.74) is 5.10. The summed E-state index contributed by atoms with van der Waals surface area (Å²) >= 11 is 0. The van der Waals surface area contributed by atoms with Gasteiger partial charge in [-0.15, -0.1) is 0 Å². The largest absolute Gasteiger partial charge is 0.465 e. The molecular formula is C21H23N3O2. The number of nitrogens with zero attached hydrogens (tertiary/aromatic N) is 3. The van der Waals surface area contributed by atoms with Crippen LogP contribution >= 0.6 is 0 Å². The summed E-state index contributed by atoms with van der Waals surface area (Å²) in [5.74, 6) is -0.290.